The molecule has 2 aromatic carbocycles. The first-order valence-electron chi connectivity index (χ1n) is 7.20. The molecule has 0 atom stereocenters. The quantitative estimate of drug-likeness (QED) is 0.669. The van der Waals surface area contributed by atoms with Crippen molar-refractivity contribution in [1.29, 1.82) is 0 Å². The predicted molar refractivity (Wildman–Crippen MR) is 88.0 cm³/mol. The normalized spacial score (nSPS) is 10.4. The molecule has 0 unspecified atom stereocenters. The first-order valence-corrected chi connectivity index (χ1v) is 7.20. The van der Waals surface area contributed by atoms with Crippen molar-refractivity contribution < 1.29 is 14.5 Å². The van der Waals surface area contributed by atoms with E-state index >= 15 is 0 Å². The number of rotatable bonds is 5. The van der Waals surface area contributed by atoms with Gasteiger partial charge in [0, 0.05) is 22.9 Å². The average molecular weight is 314 g/mol. The molecule has 6 nitrogen and oxygen atoms in total. The molecule has 0 aliphatic carbocycles. The zero-order chi connectivity index (χ0) is 17.0. The average Bonchev–Trinajstić information content (AvgIpc) is 2.48. The smallest absolute Gasteiger partial charge is 0.273 e. The topological polar surface area (TPSA) is 81.5 Å². The van der Waals surface area contributed by atoms with E-state index < -0.39 is 10.8 Å². The van der Waals surface area contributed by atoms with Gasteiger partial charge in [0.2, 0.25) is 0 Å². The van der Waals surface area contributed by atoms with Crippen LogP contribution in [0.3, 0.4) is 0 Å². The van der Waals surface area contributed by atoms with Gasteiger partial charge in [-0.15, -0.1) is 0 Å². The molecule has 23 heavy (non-hydrogen) atoms. The maximum Gasteiger partial charge on any atom is 0.273 e. The zero-order valence-electron chi connectivity index (χ0n) is 13.2. The predicted octanol–water partition coefficient (Wildman–Crippen LogP) is 3.94. The number of carbonyl (C=O) groups excluding carboxylic acids is 1. The summed E-state index contributed by atoms with van der Waals surface area (Å²) in [5.41, 5.74) is 1.28. The van der Waals surface area contributed by atoms with Gasteiger partial charge in [0.15, 0.2) is 0 Å². The number of aryl methyl sites for hydroxylation is 1. The molecule has 0 bridgehead atoms. The molecule has 0 aliphatic heterocycles. The van der Waals surface area contributed by atoms with E-state index in [1.165, 1.54) is 6.07 Å². The zero-order valence-corrected chi connectivity index (χ0v) is 13.2. The monoisotopic (exact) mass is 314 g/mol. The standard InChI is InChI=1S/C17H18N2O4/c1-11(2)23-15-8-6-14(7-9-15)18-17(20)13-5-4-12(3)16(10-13)19(21)22/h4-11H,1-3H3,(H,18,20). The van der Waals surface area contributed by atoms with Crippen LogP contribution in [0.25, 0.3) is 0 Å². The van der Waals surface area contributed by atoms with Gasteiger partial charge in [-0.05, 0) is 51.1 Å². The second-order valence-corrected chi connectivity index (χ2v) is 5.40. The minimum absolute atomic E-state index is 0.0710. The molecule has 0 radical (unpaired) electrons. The fourth-order valence-electron chi connectivity index (χ4n) is 2.04. The number of nitro benzene ring substituents is 1. The highest BCUT2D eigenvalue weighted by Gasteiger charge is 2.15. The molecule has 1 amide bonds. The third-order valence-corrected chi connectivity index (χ3v) is 3.15. The molecule has 2 aromatic rings. The van der Waals surface area contributed by atoms with Gasteiger partial charge >= 0.3 is 0 Å². The van der Waals surface area contributed by atoms with Crippen LogP contribution in [-0.4, -0.2) is 16.9 Å². The van der Waals surface area contributed by atoms with E-state index in [0.29, 0.717) is 17.0 Å². The van der Waals surface area contributed by atoms with E-state index in [1.807, 2.05) is 13.8 Å². The Morgan fingerprint density at radius 2 is 1.83 bits per heavy atom. The maximum absolute atomic E-state index is 12.2. The van der Waals surface area contributed by atoms with Crippen LogP contribution in [0.1, 0.15) is 29.8 Å². The number of carbonyl (C=O) groups is 1. The van der Waals surface area contributed by atoms with Crippen LogP contribution < -0.4 is 10.1 Å². The highest BCUT2D eigenvalue weighted by molar-refractivity contribution is 6.04. The molecule has 0 fully saturated rings. The summed E-state index contributed by atoms with van der Waals surface area (Å²) in [6.07, 6.45) is 0.0727. The van der Waals surface area contributed by atoms with Gasteiger partial charge in [0.05, 0.1) is 11.0 Å². The second kappa shape index (κ2) is 6.91. The molecule has 0 aliphatic rings. The lowest BCUT2D eigenvalue weighted by atomic mass is 10.1. The molecule has 0 heterocycles. The lowest BCUT2D eigenvalue weighted by molar-refractivity contribution is -0.385. The number of nitrogens with zero attached hydrogens (tertiary/aromatic N) is 1. The van der Waals surface area contributed by atoms with Gasteiger partial charge in [0.1, 0.15) is 5.75 Å². The number of amides is 1. The molecule has 0 aromatic heterocycles. The Bertz CT molecular complexity index is 724. The van der Waals surface area contributed by atoms with Gasteiger partial charge in [-0.2, -0.15) is 0 Å². The largest absolute Gasteiger partial charge is 0.491 e. The number of nitro groups is 1. The van der Waals surface area contributed by atoms with Crippen molar-refractivity contribution in [2.75, 3.05) is 5.32 Å². The molecule has 120 valence electrons. The molecule has 1 N–H and O–H groups in total. The number of ether oxygens (including phenoxy) is 1. The lowest BCUT2D eigenvalue weighted by Gasteiger charge is -2.10. The fourth-order valence-corrected chi connectivity index (χ4v) is 2.04. The van der Waals surface area contributed by atoms with Crippen molar-refractivity contribution in [2.24, 2.45) is 0 Å². The van der Waals surface area contributed by atoms with Crippen molar-refractivity contribution >= 4 is 17.3 Å². The molecule has 0 saturated carbocycles. The van der Waals surface area contributed by atoms with E-state index in [4.69, 9.17) is 4.74 Å². The third kappa shape index (κ3) is 4.29. The van der Waals surface area contributed by atoms with Crippen LogP contribution >= 0.6 is 0 Å². The van der Waals surface area contributed by atoms with E-state index in [0.717, 1.165) is 0 Å². The number of nitrogens with one attached hydrogen (secondary N) is 1. The van der Waals surface area contributed by atoms with Crippen LogP contribution in [0, 0.1) is 17.0 Å². The second-order valence-electron chi connectivity index (χ2n) is 5.40. The molecular weight excluding hydrogens is 296 g/mol. The first kappa shape index (κ1) is 16.5. The number of anilines is 1. The summed E-state index contributed by atoms with van der Waals surface area (Å²) in [5.74, 6) is 0.314. The van der Waals surface area contributed by atoms with Crippen molar-refractivity contribution in [1.82, 2.24) is 0 Å². The minimum Gasteiger partial charge on any atom is -0.491 e. The van der Waals surface area contributed by atoms with Crippen LogP contribution in [-0.2, 0) is 0 Å². The number of hydrogen-bond acceptors (Lipinski definition) is 4. The number of hydrogen-bond donors (Lipinski definition) is 1. The highest BCUT2D eigenvalue weighted by atomic mass is 16.6. The summed E-state index contributed by atoms with van der Waals surface area (Å²) in [6.45, 7) is 5.49. The summed E-state index contributed by atoms with van der Waals surface area (Å²) in [4.78, 5) is 22.6. The summed E-state index contributed by atoms with van der Waals surface area (Å²) >= 11 is 0. The van der Waals surface area contributed by atoms with Gasteiger partial charge in [0.25, 0.3) is 11.6 Å². The molecule has 0 spiro atoms. The summed E-state index contributed by atoms with van der Waals surface area (Å²) in [7, 11) is 0. The van der Waals surface area contributed by atoms with Gasteiger partial charge in [-0.25, -0.2) is 0 Å². The Labute approximate surface area is 134 Å². The molecule has 0 saturated heterocycles. The Kier molecular flexibility index (Phi) is 4.95. The Hall–Kier alpha value is -2.89. The van der Waals surface area contributed by atoms with Crippen LogP contribution in [0.5, 0.6) is 5.75 Å². The molecular formula is C17H18N2O4. The Balaban J connectivity index is 2.13. The molecule has 2 rings (SSSR count). The summed E-state index contributed by atoms with van der Waals surface area (Å²) < 4.78 is 5.53. The Morgan fingerprint density at radius 3 is 2.39 bits per heavy atom. The Morgan fingerprint density at radius 1 is 1.17 bits per heavy atom. The highest BCUT2D eigenvalue weighted by Crippen LogP contribution is 2.21. The fraction of sp³-hybridized carbons (Fsp3) is 0.235. The van der Waals surface area contributed by atoms with Crippen molar-refractivity contribution in [3.8, 4) is 5.75 Å². The van der Waals surface area contributed by atoms with E-state index in [1.54, 1.807) is 43.3 Å². The van der Waals surface area contributed by atoms with Gasteiger partial charge in [-0.1, -0.05) is 6.07 Å². The van der Waals surface area contributed by atoms with Crippen LogP contribution in [0.2, 0.25) is 0 Å². The first-order chi connectivity index (χ1) is 10.9. The van der Waals surface area contributed by atoms with Crippen molar-refractivity contribution in [3.05, 3.63) is 63.7 Å². The van der Waals surface area contributed by atoms with Gasteiger partial charge < -0.3 is 10.1 Å². The van der Waals surface area contributed by atoms with E-state index in [9.17, 15) is 14.9 Å². The van der Waals surface area contributed by atoms with Crippen LogP contribution in [0.4, 0.5) is 11.4 Å². The SMILES string of the molecule is Cc1ccc(C(=O)Nc2ccc(OC(C)C)cc2)cc1[N+](=O)[O-]. The maximum atomic E-state index is 12.2. The minimum atomic E-state index is -0.496. The number of benzene rings is 2. The lowest BCUT2D eigenvalue weighted by Crippen LogP contribution is -2.12. The van der Waals surface area contributed by atoms with E-state index in [-0.39, 0.29) is 17.4 Å². The van der Waals surface area contributed by atoms with Crippen molar-refractivity contribution in [3.63, 3.8) is 0 Å². The summed E-state index contributed by atoms with van der Waals surface area (Å²) in [5, 5.41) is 13.6. The van der Waals surface area contributed by atoms with Crippen molar-refractivity contribution in [2.45, 2.75) is 26.9 Å². The van der Waals surface area contributed by atoms with E-state index in [2.05, 4.69) is 5.32 Å². The van der Waals surface area contributed by atoms with Gasteiger partial charge in [-0.3, -0.25) is 14.9 Å². The third-order valence-electron chi connectivity index (χ3n) is 3.15. The summed E-state index contributed by atoms with van der Waals surface area (Å²) in [6, 6.07) is 11.4. The van der Waals surface area contributed by atoms with Crippen LogP contribution in [0.15, 0.2) is 42.5 Å². The molecule has 6 heteroatoms.